The summed E-state index contributed by atoms with van der Waals surface area (Å²) < 4.78 is 0. The van der Waals surface area contributed by atoms with Crippen LogP contribution in [0.4, 0.5) is 5.82 Å². The van der Waals surface area contributed by atoms with Gasteiger partial charge >= 0.3 is 5.97 Å². The number of aromatic carboxylic acids is 1. The van der Waals surface area contributed by atoms with Crippen LogP contribution in [0.1, 0.15) is 48.4 Å². The molecule has 0 amide bonds. The van der Waals surface area contributed by atoms with Gasteiger partial charge in [-0.2, -0.15) is 0 Å². The fraction of sp³-hybridized carbons (Fsp3) is 0.421. The fourth-order valence-electron chi connectivity index (χ4n) is 2.83. The van der Waals surface area contributed by atoms with Crippen LogP contribution in [0, 0.1) is 0 Å². The van der Waals surface area contributed by atoms with E-state index in [4.69, 9.17) is 5.11 Å². The SMILES string of the molecule is CCc1ccc(C(CNc2cnc(C(=O)O)cn2)N(CC)CC)cc1. The highest BCUT2D eigenvalue weighted by molar-refractivity contribution is 5.84. The molecule has 6 nitrogen and oxygen atoms in total. The Hall–Kier alpha value is -2.47. The van der Waals surface area contributed by atoms with Crippen molar-refractivity contribution in [2.45, 2.75) is 33.2 Å². The van der Waals surface area contributed by atoms with E-state index in [1.54, 1.807) is 0 Å². The lowest BCUT2D eigenvalue weighted by Gasteiger charge is -2.30. The molecular formula is C19H26N4O2. The zero-order valence-electron chi connectivity index (χ0n) is 15.1. The molecule has 2 aromatic rings. The van der Waals surface area contributed by atoms with Crippen molar-refractivity contribution < 1.29 is 9.90 Å². The van der Waals surface area contributed by atoms with Gasteiger partial charge in [-0.25, -0.2) is 14.8 Å². The molecule has 0 saturated carbocycles. The van der Waals surface area contributed by atoms with Crippen molar-refractivity contribution in [3.05, 3.63) is 53.5 Å². The number of likely N-dealkylation sites (N-methyl/N-ethyl adjacent to an activating group) is 1. The van der Waals surface area contributed by atoms with Crippen LogP contribution < -0.4 is 5.32 Å². The smallest absolute Gasteiger partial charge is 0.356 e. The molecule has 6 heteroatoms. The van der Waals surface area contributed by atoms with Gasteiger partial charge in [0, 0.05) is 6.54 Å². The van der Waals surface area contributed by atoms with Gasteiger partial charge in [0.05, 0.1) is 18.4 Å². The molecule has 1 aromatic heterocycles. The summed E-state index contributed by atoms with van der Waals surface area (Å²) in [6, 6.07) is 8.92. The van der Waals surface area contributed by atoms with Crippen molar-refractivity contribution in [1.29, 1.82) is 0 Å². The van der Waals surface area contributed by atoms with E-state index < -0.39 is 5.97 Å². The number of aromatic nitrogens is 2. The highest BCUT2D eigenvalue weighted by Crippen LogP contribution is 2.22. The Morgan fingerprint density at radius 1 is 1.12 bits per heavy atom. The second-order valence-corrected chi connectivity index (χ2v) is 5.81. The van der Waals surface area contributed by atoms with Crippen LogP contribution in [0.5, 0.6) is 0 Å². The molecule has 1 aromatic carbocycles. The van der Waals surface area contributed by atoms with Gasteiger partial charge in [0.1, 0.15) is 5.82 Å². The van der Waals surface area contributed by atoms with Gasteiger partial charge in [-0.1, -0.05) is 45.0 Å². The Kier molecular flexibility index (Phi) is 6.89. The van der Waals surface area contributed by atoms with Gasteiger partial charge in [0.15, 0.2) is 5.69 Å². The van der Waals surface area contributed by atoms with E-state index in [9.17, 15) is 4.79 Å². The number of aryl methyl sites for hydroxylation is 1. The average Bonchev–Trinajstić information content (AvgIpc) is 2.65. The first-order valence-corrected chi connectivity index (χ1v) is 8.71. The van der Waals surface area contributed by atoms with Crippen molar-refractivity contribution in [1.82, 2.24) is 14.9 Å². The highest BCUT2D eigenvalue weighted by Gasteiger charge is 2.18. The van der Waals surface area contributed by atoms with Gasteiger partial charge in [0.2, 0.25) is 0 Å². The quantitative estimate of drug-likeness (QED) is 0.728. The Balaban J connectivity index is 2.13. The molecule has 0 aliphatic carbocycles. The molecule has 0 radical (unpaired) electrons. The van der Waals surface area contributed by atoms with Gasteiger partial charge in [-0.15, -0.1) is 0 Å². The molecule has 25 heavy (non-hydrogen) atoms. The third-order valence-electron chi connectivity index (χ3n) is 4.37. The van der Waals surface area contributed by atoms with E-state index in [0.29, 0.717) is 12.4 Å². The van der Waals surface area contributed by atoms with Crippen LogP contribution >= 0.6 is 0 Å². The standard InChI is InChI=1S/C19H26N4O2/c1-4-14-7-9-15(10-8-14)17(23(5-2)6-3)12-22-18-13-20-16(11-21-18)19(24)25/h7-11,13,17H,4-6,12H2,1-3H3,(H,21,22)(H,24,25). The molecule has 0 spiro atoms. The van der Waals surface area contributed by atoms with E-state index in [-0.39, 0.29) is 11.7 Å². The number of hydrogen-bond donors (Lipinski definition) is 2. The zero-order valence-corrected chi connectivity index (χ0v) is 15.1. The molecular weight excluding hydrogens is 316 g/mol. The predicted octanol–water partition coefficient (Wildman–Crippen LogP) is 3.23. The predicted molar refractivity (Wildman–Crippen MR) is 99.0 cm³/mol. The van der Waals surface area contributed by atoms with Crippen LogP contribution in [-0.2, 0) is 6.42 Å². The number of carboxylic acid groups (broad SMARTS) is 1. The third kappa shape index (κ3) is 5.00. The maximum absolute atomic E-state index is 10.9. The average molecular weight is 342 g/mol. The molecule has 134 valence electrons. The summed E-state index contributed by atoms with van der Waals surface area (Å²) in [6.07, 6.45) is 3.76. The first-order chi connectivity index (χ1) is 12.1. The summed E-state index contributed by atoms with van der Waals surface area (Å²) in [7, 11) is 0. The van der Waals surface area contributed by atoms with Crippen molar-refractivity contribution in [2.24, 2.45) is 0 Å². The van der Waals surface area contributed by atoms with Crippen molar-refractivity contribution in [3.63, 3.8) is 0 Å². The number of benzene rings is 1. The number of anilines is 1. The molecule has 0 aliphatic heterocycles. The van der Waals surface area contributed by atoms with Gasteiger partial charge in [-0.3, -0.25) is 4.90 Å². The maximum atomic E-state index is 10.9. The van der Waals surface area contributed by atoms with Crippen LogP contribution in [-0.4, -0.2) is 45.6 Å². The largest absolute Gasteiger partial charge is 0.476 e. The molecule has 1 atom stereocenters. The first kappa shape index (κ1) is 18.9. The topological polar surface area (TPSA) is 78.3 Å². The van der Waals surface area contributed by atoms with Gasteiger partial charge < -0.3 is 10.4 Å². The number of hydrogen-bond acceptors (Lipinski definition) is 5. The van der Waals surface area contributed by atoms with Gasteiger partial charge in [-0.05, 0) is 30.6 Å². The molecule has 2 N–H and O–H groups in total. The summed E-state index contributed by atoms with van der Waals surface area (Å²) in [5, 5.41) is 12.2. The minimum absolute atomic E-state index is 0.0546. The molecule has 0 saturated heterocycles. The number of carboxylic acids is 1. The Labute approximate surface area is 148 Å². The number of nitrogens with one attached hydrogen (secondary N) is 1. The molecule has 0 aliphatic rings. The van der Waals surface area contributed by atoms with E-state index >= 15 is 0 Å². The van der Waals surface area contributed by atoms with Crippen LogP contribution in [0.2, 0.25) is 0 Å². The monoisotopic (exact) mass is 342 g/mol. The first-order valence-electron chi connectivity index (χ1n) is 8.71. The van der Waals surface area contributed by atoms with Crippen LogP contribution in [0.25, 0.3) is 0 Å². The third-order valence-corrected chi connectivity index (χ3v) is 4.37. The molecule has 0 fully saturated rings. The summed E-state index contributed by atoms with van der Waals surface area (Å²) in [4.78, 5) is 21.3. The van der Waals surface area contributed by atoms with Gasteiger partial charge in [0.25, 0.3) is 0 Å². The van der Waals surface area contributed by atoms with E-state index in [0.717, 1.165) is 19.5 Å². The molecule has 0 bridgehead atoms. The minimum atomic E-state index is -1.07. The second-order valence-electron chi connectivity index (χ2n) is 5.81. The highest BCUT2D eigenvalue weighted by atomic mass is 16.4. The van der Waals surface area contributed by atoms with Crippen LogP contribution in [0.15, 0.2) is 36.7 Å². The second kappa shape index (κ2) is 9.13. The normalized spacial score (nSPS) is 12.2. The summed E-state index contributed by atoms with van der Waals surface area (Å²) >= 11 is 0. The lowest BCUT2D eigenvalue weighted by atomic mass is 10.0. The summed E-state index contributed by atoms with van der Waals surface area (Å²) in [5.74, 6) is -0.497. The molecule has 2 rings (SSSR count). The number of carbonyl (C=O) groups is 1. The van der Waals surface area contributed by atoms with E-state index in [2.05, 4.69) is 65.2 Å². The zero-order chi connectivity index (χ0) is 18.2. The summed E-state index contributed by atoms with van der Waals surface area (Å²) in [5.41, 5.74) is 2.52. The van der Waals surface area contributed by atoms with Crippen molar-refractivity contribution in [2.75, 3.05) is 25.0 Å². The number of nitrogens with zero attached hydrogens (tertiary/aromatic N) is 3. The van der Waals surface area contributed by atoms with Crippen LogP contribution in [0.3, 0.4) is 0 Å². The minimum Gasteiger partial charge on any atom is -0.476 e. The van der Waals surface area contributed by atoms with Crippen molar-refractivity contribution in [3.8, 4) is 0 Å². The Morgan fingerprint density at radius 3 is 2.28 bits per heavy atom. The van der Waals surface area contributed by atoms with Crippen molar-refractivity contribution >= 4 is 11.8 Å². The summed E-state index contributed by atoms with van der Waals surface area (Å²) in [6.45, 7) is 9.02. The lowest BCUT2D eigenvalue weighted by Crippen LogP contribution is -2.33. The molecule has 1 heterocycles. The number of rotatable bonds is 9. The maximum Gasteiger partial charge on any atom is 0.356 e. The van der Waals surface area contributed by atoms with E-state index in [1.807, 2.05) is 0 Å². The lowest BCUT2D eigenvalue weighted by molar-refractivity contribution is 0.0690. The molecule has 1 unspecified atom stereocenters. The van der Waals surface area contributed by atoms with E-state index in [1.165, 1.54) is 23.5 Å². The Morgan fingerprint density at radius 2 is 1.80 bits per heavy atom. The fourth-order valence-corrected chi connectivity index (χ4v) is 2.83. The Bertz CT molecular complexity index is 667.